The van der Waals surface area contributed by atoms with Crippen LogP contribution in [0.4, 0.5) is 0 Å². The van der Waals surface area contributed by atoms with Crippen LogP contribution in [0.25, 0.3) is 10.9 Å². The lowest BCUT2D eigenvalue weighted by Crippen LogP contribution is -2.14. The Morgan fingerprint density at radius 2 is 2.00 bits per heavy atom. The fraction of sp³-hybridized carbons (Fsp3) is 0.286. The number of aryl methyl sites for hydroxylation is 1. The summed E-state index contributed by atoms with van der Waals surface area (Å²) in [5.74, 6) is 0.204. The third-order valence-corrected chi connectivity index (χ3v) is 3.37. The molecule has 0 saturated carbocycles. The molecule has 0 aliphatic heterocycles. The smallest absolute Gasteiger partial charge is 0.181 e. The molecule has 0 spiro atoms. The van der Waals surface area contributed by atoms with Crippen molar-refractivity contribution in [3.8, 4) is 0 Å². The van der Waals surface area contributed by atoms with Gasteiger partial charge in [-0.25, -0.2) is 4.98 Å². The van der Waals surface area contributed by atoms with Gasteiger partial charge in [-0.1, -0.05) is 18.2 Å². The zero-order chi connectivity index (χ0) is 11.1. The third-order valence-electron chi connectivity index (χ3n) is 3.37. The lowest BCUT2D eigenvalue weighted by Gasteiger charge is -2.17. The van der Waals surface area contributed by atoms with E-state index in [4.69, 9.17) is 0 Å². The van der Waals surface area contributed by atoms with Gasteiger partial charge < -0.3 is 0 Å². The second-order valence-electron chi connectivity index (χ2n) is 4.36. The van der Waals surface area contributed by atoms with Crippen LogP contribution in [-0.2, 0) is 6.42 Å². The molecule has 0 bridgehead atoms. The van der Waals surface area contributed by atoms with Crippen LogP contribution < -0.4 is 0 Å². The highest BCUT2D eigenvalue weighted by Crippen LogP contribution is 2.28. The molecule has 16 heavy (non-hydrogen) atoms. The zero-order valence-corrected chi connectivity index (χ0v) is 9.29. The molecule has 0 saturated heterocycles. The minimum Gasteiger partial charge on any atom is -0.292 e. The van der Waals surface area contributed by atoms with Gasteiger partial charge in [0, 0.05) is 11.8 Å². The van der Waals surface area contributed by atoms with Crippen molar-refractivity contribution in [3.05, 3.63) is 41.1 Å². The molecule has 80 valence electrons. The summed E-state index contributed by atoms with van der Waals surface area (Å²) in [6, 6.07) is 8.05. The lowest BCUT2D eigenvalue weighted by molar-refractivity contribution is 0.0967. The van der Waals surface area contributed by atoms with E-state index < -0.39 is 0 Å². The van der Waals surface area contributed by atoms with Crippen molar-refractivity contribution in [1.82, 2.24) is 4.98 Å². The minimum atomic E-state index is 0.204. The number of rotatable bonds is 0. The molecule has 0 radical (unpaired) electrons. The molecule has 0 atom stereocenters. The first-order valence-electron chi connectivity index (χ1n) is 5.69. The van der Waals surface area contributed by atoms with Crippen LogP contribution in [0.3, 0.4) is 0 Å². The Balaban J connectivity index is 2.40. The predicted molar refractivity (Wildman–Crippen MR) is 63.7 cm³/mol. The molecule has 0 N–H and O–H groups in total. The second kappa shape index (κ2) is 3.41. The van der Waals surface area contributed by atoms with Gasteiger partial charge in [0.15, 0.2) is 5.78 Å². The topological polar surface area (TPSA) is 30.0 Å². The standard InChI is InChI=1S/C14H13NO/c1-9-10-5-2-3-7-12(10)15-14-11(9)6-4-8-13(14)16/h2-3,5,7H,4,6,8H2,1H3. The minimum absolute atomic E-state index is 0.204. The first kappa shape index (κ1) is 9.52. The number of pyridine rings is 1. The van der Waals surface area contributed by atoms with E-state index in [0.717, 1.165) is 23.9 Å². The fourth-order valence-electron chi connectivity index (χ4n) is 2.50. The predicted octanol–water partition coefficient (Wildman–Crippen LogP) is 3.06. The summed E-state index contributed by atoms with van der Waals surface area (Å²) in [5.41, 5.74) is 4.04. The van der Waals surface area contributed by atoms with Crippen molar-refractivity contribution >= 4 is 16.7 Å². The third kappa shape index (κ3) is 1.26. The van der Waals surface area contributed by atoms with Gasteiger partial charge >= 0.3 is 0 Å². The summed E-state index contributed by atoms with van der Waals surface area (Å²) in [4.78, 5) is 16.3. The first-order chi connectivity index (χ1) is 7.77. The largest absolute Gasteiger partial charge is 0.292 e. The molecule has 3 rings (SSSR count). The number of ketones is 1. The molecule has 2 heteroatoms. The van der Waals surface area contributed by atoms with Gasteiger partial charge in [0.05, 0.1) is 5.52 Å². The number of Topliss-reactive ketones (excluding diaryl/α,β-unsaturated/α-hetero) is 1. The number of hydrogen-bond donors (Lipinski definition) is 0. The van der Waals surface area contributed by atoms with Crippen molar-refractivity contribution in [1.29, 1.82) is 0 Å². The highest BCUT2D eigenvalue weighted by atomic mass is 16.1. The Morgan fingerprint density at radius 3 is 2.88 bits per heavy atom. The Labute approximate surface area is 94.3 Å². The van der Waals surface area contributed by atoms with Gasteiger partial charge in [-0.05, 0) is 37.0 Å². The van der Waals surface area contributed by atoms with E-state index in [0.29, 0.717) is 12.1 Å². The molecular formula is C14H13NO. The summed E-state index contributed by atoms with van der Waals surface area (Å²) < 4.78 is 0. The summed E-state index contributed by atoms with van der Waals surface area (Å²) in [7, 11) is 0. The van der Waals surface area contributed by atoms with Gasteiger partial charge in [-0.3, -0.25) is 4.79 Å². The normalized spacial score (nSPS) is 15.2. The van der Waals surface area contributed by atoms with Gasteiger partial charge in [-0.15, -0.1) is 0 Å². The maximum Gasteiger partial charge on any atom is 0.181 e. The van der Waals surface area contributed by atoms with Crippen molar-refractivity contribution < 1.29 is 4.79 Å². The number of para-hydroxylation sites is 1. The quantitative estimate of drug-likeness (QED) is 0.670. The van der Waals surface area contributed by atoms with Crippen LogP contribution in [0.15, 0.2) is 24.3 Å². The maximum atomic E-state index is 11.8. The summed E-state index contributed by atoms with van der Waals surface area (Å²) in [6.45, 7) is 2.10. The fourth-order valence-corrected chi connectivity index (χ4v) is 2.50. The molecule has 1 aliphatic carbocycles. The first-order valence-corrected chi connectivity index (χ1v) is 5.69. The van der Waals surface area contributed by atoms with E-state index in [2.05, 4.69) is 18.0 Å². The van der Waals surface area contributed by atoms with Crippen molar-refractivity contribution in [3.63, 3.8) is 0 Å². The molecule has 1 aromatic carbocycles. The Kier molecular flexibility index (Phi) is 2.03. The molecule has 2 aromatic rings. The van der Waals surface area contributed by atoms with Crippen LogP contribution in [0, 0.1) is 6.92 Å². The molecule has 0 amide bonds. The molecule has 1 heterocycles. The number of aromatic nitrogens is 1. The van der Waals surface area contributed by atoms with Crippen molar-refractivity contribution in [2.24, 2.45) is 0 Å². The van der Waals surface area contributed by atoms with Crippen molar-refractivity contribution in [2.45, 2.75) is 26.2 Å². The molecule has 0 unspecified atom stereocenters. The van der Waals surface area contributed by atoms with Crippen LogP contribution in [-0.4, -0.2) is 10.8 Å². The Hall–Kier alpha value is -1.70. The summed E-state index contributed by atoms with van der Waals surface area (Å²) >= 11 is 0. The number of fused-ring (bicyclic) bond motifs is 2. The number of carbonyl (C=O) groups excluding carboxylic acids is 1. The number of carbonyl (C=O) groups is 1. The Morgan fingerprint density at radius 1 is 1.19 bits per heavy atom. The van der Waals surface area contributed by atoms with Crippen LogP contribution >= 0.6 is 0 Å². The average molecular weight is 211 g/mol. The van der Waals surface area contributed by atoms with Crippen LogP contribution in [0.1, 0.15) is 34.5 Å². The molecule has 2 nitrogen and oxygen atoms in total. The lowest BCUT2D eigenvalue weighted by atomic mass is 9.90. The summed E-state index contributed by atoms with van der Waals surface area (Å²) in [6.07, 6.45) is 2.61. The highest BCUT2D eigenvalue weighted by Gasteiger charge is 2.21. The van der Waals surface area contributed by atoms with Gasteiger partial charge in [0.25, 0.3) is 0 Å². The maximum absolute atomic E-state index is 11.8. The van der Waals surface area contributed by atoms with E-state index in [-0.39, 0.29) is 5.78 Å². The van der Waals surface area contributed by atoms with Crippen molar-refractivity contribution in [2.75, 3.05) is 0 Å². The average Bonchev–Trinajstić information content (AvgIpc) is 2.31. The molecule has 0 fully saturated rings. The monoisotopic (exact) mass is 211 g/mol. The van der Waals surface area contributed by atoms with Gasteiger partial charge in [-0.2, -0.15) is 0 Å². The second-order valence-corrected chi connectivity index (χ2v) is 4.36. The Bertz CT molecular complexity index is 587. The summed E-state index contributed by atoms with van der Waals surface area (Å²) in [5, 5.41) is 1.18. The molecule has 1 aromatic heterocycles. The number of nitrogens with zero attached hydrogens (tertiary/aromatic N) is 1. The molecular weight excluding hydrogens is 198 g/mol. The van der Waals surface area contributed by atoms with Crippen LogP contribution in [0.2, 0.25) is 0 Å². The number of benzene rings is 1. The zero-order valence-electron chi connectivity index (χ0n) is 9.29. The SMILES string of the molecule is Cc1c2c(nc3ccccc13)C(=O)CCC2. The van der Waals surface area contributed by atoms with E-state index in [1.54, 1.807) is 0 Å². The van der Waals surface area contributed by atoms with E-state index in [9.17, 15) is 4.79 Å². The van der Waals surface area contributed by atoms with E-state index >= 15 is 0 Å². The molecule has 1 aliphatic rings. The highest BCUT2D eigenvalue weighted by molar-refractivity contribution is 6.00. The van der Waals surface area contributed by atoms with E-state index in [1.165, 1.54) is 10.9 Å². The van der Waals surface area contributed by atoms with Crippen LogP contribution in [0.5, 0.6) is 0 Å². The van der Waals surface area contributed by atoms with Gasteiger partial charge in [0.1, 0.15) is 5.69 Å². The van der Waals surface area contributed by atoms with Gasteiger partial charge in [0.2, 0.25) is 0 Å². The van der Waals surface area contributed by atoms with E-state index in [1.807, 2.05) is 18.2 Å². The number of hydrogen-bond acceptors (Lipinski definition) is 2.